The molecule has 3 aliphatic heterocycles. The number of unbranched alkanes of at least 4 members (excludes halogenated alkanes) is 2. The van der Waals surface area contributed by atoms with Gasteiger partial charge in [-0.3, -0.25) is 4.79 Å². The lowest BCUT2D eigenvalue weighted by Gasteiger charge is -2.62. The largest absolute Gasteiger partial charge is 0.497 e. The molecular formula is C48H70O15. The van der Waals surface area contributed by atoms with Crippen molar-refractivity contribution < 1.29 is 72.6 Å². The van der Waals surface area contributed by atoms with E-state index >= 15 is 0 Å². The van der Waals surface area contributed by atoms with Gasteiger partial charge < -0.3 is 63.1 Å². The van der Waals surface area contributed by atoms with Crippen LogP contribution < -0.4 is 4.74 Å². The fraction of sp³-hybridized carbons (Fsp3) is 0.833. The molecule has 1 aromatic carbocycles. The molecule has 5 saturated carbocycles. The number of ether oxygens (including phenoxy) is 9. The summed E-state index contributed by atoms with van der Waals surface area (Å²) in [6.07, 6.45) is -1.51. The molecule has 0 bridgehead atoms. The van der Waals surface area contributed by atoms with Crippen molar-refractivity contribution in [2.45, 2.75) is 178 Å². The van der Waals surface area contributed by atoms with E-state index < -0.39 is 90.0 Å². The van der Waals surface area contributed by atoms with Crippen molar-refractivity contribution >= 4 is 11.9 Å². The number of esters is 2. The molecule has 3 heterocycles. The van der Waals surface area contributed by atoms with Crippen molar-refractivity contribution in [1.29, 1.82) is 0 Å². The van der Waals surface area contributed by atoms with Gasteiger partial charge in [0.2, 0.25) is 6.29 Å². The number of hydrogen-bond acceptors (Lipinski definition) is 15. The zero-order chi connectivity index (χ0) is 44.9. The van der Waals surface area contributed by atoms with Crippen molar-refractivity contribution in [3.8, 4) is 5.75 Å². The van der Waals surface area contributed by atoms with Crippen LogP contribution in [0.25, 0.3) is 0 Å². The van der Waals surface area contributed by atoms with Crippen LogP contribution in [0.1, 0.15) is 116 Å². The molecule has 0 aromatic heterocycles. The molecule has 63 heavy (non-hydrogen) atoms. The topological polar surface area (TPSA) is 198 Å². The summed E-state index contributed by atoms with van der Waals surface area (Å²) in [5.41, 5.74) is -1.06. The maximum atomic E-state index is 13.4. The molecule has 8 aliphatic rings. The van der Waals surface area contributed by atoms with E-state index in [0.29, 0.717) is 30.4 Å². The molecule has 15 heteroatoms. The predicted octanol–water partition coefficient (Wildman–Crippen LogP) is 4.67. The van der Waals surface area contributed by atoms with Crippen LogP contribution in [0, 0.1) is 45.8 Å². The number of carbonyl (C=O) groups excluding carboxylic acids is 2. The van der Waals surface area contributed by atoms with Crippen molar-refractivity contribution in [3.05, 3.63) is 29.8 Å². The van der Waals surface area contributed by atoms with Crippen LogP contribution in [0.4, 0.5) is 0 Å². The molecule has 0 amide bonds. The number of benzene rings is 1. The van der Waals surface area contributed by atoms with Crippen LogP contribution in [0.5, 0.6) is 5.75 Å². The van der Waals surface area contributed by atoms with E-state index in [0.717, 1.165) is 44.4 Å². The molecule has 4 N–H and O–H groups in total. The highest BCUT2D eigenvalue weighted by molar-refractivity contribution is 5.89. The summed E-state index contributed by atoms with van der Waals surface area (Å²) in [5.74, 6) is -0.941. The van der Waals surface area contributed by atoms with E-state index in [2.05, 4.69) is 20.8 Å². The summed E-state index contributed by atoms with van der Waals surface area (Å²) in [7, 11) is 3.38. The van der Waals surface area contributed by atoms with Gasteiger partial charge in [-0.25, -0.2) is 4.79 Å². The number of carbonyl (C=O) groups is 2. The van der Waals surface area contributed by atoms with E-state index in [1.807, 2.05) is 14.0 Å². The summed E-state index contributed by atoms with van der Waals surface area (Å²) < 4.78 is 55.7. The predicted molar refractivity (Wildman–Crippen MR) is 223 cm³/mol. The highest BCUT2D eigenvalue weighted by atomic mass is 16.8. The highest BCUT2D eigenvalue weighted by Crippen LogP contribution is 2.83. The average molecular weight is 887 g/mol. The molecule has 8 fully saturated rings. The zero-order valence-corrected chi connectivity index (χ0v) is 37.9. The van der Waals surface area contributed by atoms with Crippen LogP contribution in [-0.2, 0) is 42.7 Å². The Morgan fingerprint density at radius 3 is 2.25 bits per heavy atom. The lowest BCUT2D eigenvalue weighted by atomic mass is 9.44. The van der Waals surface area contributed by atoms with Gasteiger partial charge in [0.05, 0.1) is 38.1 Å². The Morgan fingerprint density at radius 1 is 0.857 bits per heavy atom. The van der Waals surface area contributed by atoms with Crippen molar-refractivity contribution in [1.82, 2.24) is 0 Å². The molecule has 20 atom stereocenters. The molecule has 0 radical (unpaired) electrons. The molecule has 1 aromatic rings. The Kier molecular flexibility index (Phi) is 12.1. The smallest absolute Gasteiger partial charge is 0.338 e. The summed E-state index contributed by atoms with van der Waals surface area (Å²) >= 11 is 0. The second kappa shape index (κ2) is 16.7. The quantitative estimate of drug-likeness (QED) is 0.157. The number of rotatable bonds is 13. The standard InChI is InChI=1S/C48H70O15/c1-8-9-10-17-47(25(2)48(54)36(62-47)21-32-30-20-35(56-7)46-22-28(46)15-18-44(46,4)31(30)16-19-45(32,48)5)63-43-40(59-26(3)49)38(34(51)24-58-43)61-42-39(37(52)33(50)23-57-42)60-41(53)27-11-13-29(55-6)14-12-27/h11-14,25,28,30-40,42-43,50-52,54H,8-10,15-24H2,1-7H3/t25-,28-,30-,31+,32+,33-,34+,35-,36+,37+,38+,39-,40-,42+,43+,44-,45+,46+,47+,48-/m1/s1. The molecular weight excluding hydrogens is 817 g/mol. The molecule has 0 unspecified atom stereocenters. The number of aliphatic hydroxyl groups is 4. The fourth-order valence-electron chi connectivity index (χ4n) is 14.9. The monoisotopic (exact) mass is 886 g/mol. The Morgan fingerprint density at radius 2 is 1.57 bits per heavy atom. The van der Waals surface area contributed by atoms with Crippen LogP contribution in [-0.4, -0.2) is 133 Å². The summed E-state index contributed by atoms with van der Waals surface area (Å²) in [6.45, 7) is 9.48. The van der Waals surface area contributed by atoms with Crippen molar-refractivity contribution in [2.75, 3.05) is 27.4 Å². The number of fused-ring (bicyclic) bond motifs is 6. The van der Waals surface area contributed by atoms with Gasteiger partial charge in [0, 0.05) is 37.2 Å². The molecule has 9 rings (SSSR count). The normalized spacial score (nSPS) is 49.5. The molecule has 15 nitrogen and oxygen atoms in total. The second-order valence-electron chi connectivity index (χ2n) is 20.8. The highest BCUT2D eigenvalue weighted by Gasteiger charge is 2.81. The van der Waals surface area contributed by atoms with Gasteiger partial charge in [-0.1, -0.05) is 40.5 Å². The summed E-state index contributed by atoms with van der Waals surface area (Å²) in [4.78, 5) is 26.2. The Labute approximate surface area is 370 Å². The first-order chi connectivity index (χ1) is 30.0. The first-order valence-electron chi connectivity index (χ1n) is 23.6. The van der Waals surface area contributed by atoms with Gasteiger partial charge in [-0.2, -0.15) is 0 Å². The number of methoxy groups -OCH3 is 2. The number of hydrogen-bond donors (Lipinski definition) is 4. The first-order valence-corrected chi connectivity index (χ1v) is 23.6. The second-order valence-corrected chi connectivity index (χ2v) is 20.8. The van der Waals surface area contributed by atoms with Crippen LogP contribution in [0.3, 0.4) is 0 Å². The number of aliphatic hydroxyl groups excluding tert-OH is 3. The fourth-order valence-corrected chi connectivity index (χ4v) is 14.9. The van der Waals surface area contributed by atoms with Crippen molar-refractivity contribution in [3.63, 3.8) is 0 Å². The van der Waals surface area contributed by atoms with Gasteiger partial charge in [-0.15, -0.1) is 0 Å². The Balaban J connectivity index is 0.977. The maximum Gasteiger partial charge on any atom is 0.338 e. The minimum absolute atomic E-state index is 0.142. The molecule has 1 spiro atoms. The molecule has 3 saturated heterocycles. The van der Waals surface area contributed by atoms with Gasteiger partial charge >= 0.3 is 11.9 Å². The lowest BCUT2D eigenvalue weighted by Crippen LogP contribution is -2.64. The van der Waals surface area contributed by atoms with E-state index in [1.165, 1.54) is 45.4 Å². The van der Waals surface area contributed by atoms with Gasteiger partial charge in [0.1, 0.15) is 35.8 Å². The molecule has 5 aliphatic carbocycles. The van der Waals surface area contributed by atoms with E-state index in [9.17, 15) is 30.0 Å². The summed E-state index contributed by atoms with van der Waals surface area (Å²) in [5, 5.41) is 46.6. The van der Waals surface area contributed by atoms with E-state index in [4.69, 9.17) is 42.6 Å². The minimum atomic E-state index is -1.63. The molecule has 352 valence electrons. The third-order valence-electron chi connectivity index (χ3n) is 18.2. The summed E-state index contributed by atoms with van der Waals surface area (Å²) in [6, 6.07) is 6.13. The SMILES string of the molecule is CCCCC[C@@]1(O[C@@H]2OC[C@H](O)[C@H](O[C@@H]3OC[C@@H](O)[C@H](O)[C@H]3OC(=O)c3ccc(OC)cc3)[C@H]2OC(C)=O)O[C@H]2C[C@H]3[C@@H]4C[C@@H](OC)[C@]56C[C@H]5CC[C@]6(C)[C@H]4CC[C@]3(C)[C@@]2(O)[C@@H]1C. The lowest BCUT2D eigenvalue weighted by molar-refractivity contribution is -0.378. The third kappa shape index (κ3) is 6.95. The Hall–Kier alpha value is -2.44. The average Bonchev–Trinajstić information content (AvgIpc) is 3.79. The van der Waals surface area contributed by atoms with Crippen LogP contribution >= 0.6 is 0 Å². The van der Waals surface area contributed by atoms with Crippen molar-refractivity contribution in [2.24, 2.45) is 45.8 Å². The zero-order valence-electron chi connectivity index (χ0n) is 37.9. The van der Waals surface area contributed by atoms with E-state index in [-0.39, 0.29) is 41.6 Å². The minimum Gasteiger partial charge on any atom is -0.497 e. The van der Waals surface area contributed by atoms with Gasteiger partial charge in [0.25, 0.3) is 0 Å². The maximum absolute atomic E-state index is 13.4. The van der Waals surface area contributed by atoms with Crippen LogP contribution in [0.2, 0.25) is 0 Å². The van der Waals surface area contributed by atoms with Gasteiger partial charge in [0.15, 0.2) is 24.3 Å². The van der Waals surface area contributed by atoms with Crippen LogP contribution in [0.15, 0.2) is 24.3 Å². The Bertz CT molecular complexity index is 1850. The van der Waals surface area contributed by atoms with E-state index in [1.54, 1.807) is 12.1 Å². The third-order valence-corrected chi connectivity index (χ3v) is 18.2. The van der Waals surface area contributed by atoms with Gasteiger partial charge in [-0.05, 0) is 105 Å². The first kappa shape index (κ1) is 45.7.